The first-order valence-corrected chi connectivity index (χ1v) is 11.3. The van der Waals surface area contributed by atoms with E-state index in [2.05, 4.69) is 10.0 Å². The molecule has 0 saturated carbocycles. The molecule has 0 saturated heterocycles. The Morgan fingerprint density at radius 1 is 1.00 bits per heavy atom. The molecule has 9 heteroatoms. The number of unbranched alkanes of at least 4 members (excludes halogenated alkanes) is 2. The standard InChI is InChI=1S/C21H25FN2O5S/c22-17-6-4-5-16(13-17)15-23-21(25)7-2-1-3-10-24-30(26,27)18-8-9-19-20(14-18)29-12-11-28-19/h4-6,8-9,13-14,24H,1-3,7,10-12,15H2,(H,23,25). The molecule has 0 spiro atoms. The molecule has 0 bridgehead atoms. The van der Waals surface area contributed by atoms with E-state index in [-0.39, 0.29) is 29.7 Å². The van der Waals surface area contributed by atoms with E-state index in [9.17, 15) is 17.6 Å². The molecule has 1 aliphatic heterocycles. The lowest BCUT2D eigenvalue weighted by molar-refractivity contribution is -0.121. The van der Waals surface area contributed by atoms with Gasteiger partial charge in [-0.15, -0.1) is 0 Å². The molecular formula is C21H25FN2O5S. The summed E-state index contributed by atoms with van der Waals surface area (Å²) in [7, 11) is -3.64. The fourth-order valence-electron chi connectivity index (χ4n) is 3.00. The normalized spacial score (nSPS) is 13.1. The Balaban J connectivity index is 1.33. The number of sulfonamides is 1. The minimum atomic E-state index is -3.64. The molecule has 162 valence electrons. The molecule has 0 atom stereocenters. The van der Waals surface area contributed by atoms with Crippen LogP contribution >= 0.6 is 0 Å². The van der Waals surface area contributed by atoms with Crippen LogP contribution in [0.5, 0.6) is 11.5 Å². The van der Waals surface area contributed by atoms with Gasteiger partial charge in [0.1, 0.15) is 19.0 Å². The number of rotatable bonds is 10. The lowest BCUT2D eigenvalue weighted by atomic mass is 10.2. The van der Waals surface area contributed by atoms with Crippen molar-refractivity contribution in [3.8, 4) is 11.5 Å². The number of carbonyl (C=O) groups excluding carboxylic acids is 1. The second-order valence-corrected chi connectivity index (χ2v) is 8.69. The molecule has 30 heavy (non-hydrogen) atoms. The van der Waals surface area contributed by atoms with Crippen molar-refractivity contribution in [3.63, 3.8) is 0 Å². The molecular weight excluding hydrogens is 411 g/mol. The number of amides is 1. The number of nitrogens with one attached hydrogen (secondary N) is 2. The lowest BCUT2D eigenvalue weighted by Gasteiger charge is -2.18. The van der Waals surface area contributed by atoms with Crippen molar-refractivity contribution in [2.75, 3.05) is 19.8 Å². The third-order valence-electron chi connectivity index (χ3n) is 4.58. The Morgan fingerprint density at radius 3 is 2.60 bits per heavy atom. The van der Waals surface area contributed by atoms with E-state index in [0.717, 1.165) is 0 Å². The monoisotopic (exact) mass is 436 g/mol. The molecule has 1 aliphatic rings. The highest BCUT2D eigenvalue weighted by molar-refractivity contribution is 7.89. The quantitative estimate of drug-likeness (QED) is 0.559. The first kappa shape index (κ1) is 22.0. The Morgan fingerprint density at radius 2 is 1.80 bits per heavy atom. The van der Waals surface area contributed by atoms with E-state index >= 15 is 0 Å². The van der Waals surface area contributed by atoms with Crippen LogP contribution in [0.1, 0.15) is 31.2 Å². The van der Waals surface area contributed by atoms with E-state index in [1.54, 1.807) is 18.2 Å². The lowest BCUT2D eigenvalue weighted by Crippen LogP contribution is -2.25. The zero-order chi connectivity index (χ0) is 21.4. The van der Waals surface area contributed by atoms with Crippen LogP contribution < -0.4 is 19.5 Å². The van der Waals surface area contributed by atoms with E-state index in [1.165, 1.54) is 24.3 Å². The number of ether oxygens (including phenoxy) is 2. The Labute approximate surface area is 175 Å². The van der Waals surface area contributed by atoms with Gasteiger partial charge in [0.15, 0.2) is 11.5 Å². The minimum absolute atomic E-state index is 0.115. The molecule has 1 heterocycles. The highest BCUT2D eigenvalue weighted by Gasteiger charge is 2.18. The summed E-state index contributed by atoms with van der Waals surface area (Å²) in [5.41, 5.74) is 0.705. The summed E-state index contributed by atoms with van der Waals surface area (Å²) >= 11 is 0. The summed E-state index contributed by atoms with van der Waals surface area (Å²) in [4.78, 5) is 12.0. The van der Waals surface area contributed by atoms with Gasteiger partial charge in [0.05, 0.1) is 4.90 Å². The SMILES string of the molecule is O=C(CCCCCNS(=O)(=O)c1ccc2c(c1)OCCO2)NCc1cccc(F)c1. The van der Waals surface area contributed by atoms with Crippen molar-refractivity contribution in [2.45, 2.75) is 37.1 Å². The van der Waals surface area contributed by atoms with Crippen LogP contribution in [0.15, 0.2) is 47.4 Å². The third-order valence-corrected chi connectivity index (χ3v) is 6.03. The second-order valence-electron chi connectivity index (χ2n) is 6.92. The smallest absolute Gasteiger partial charge is 0.240 e. The van der Waals surface area contributed by atoms with Crippen LogP contribution in [0, 0.1) is 5.82 Å². The maximum atomic E-state index is 13.1. The van der Waals surface area contributed by atoms with Crippen molar-refractivity contribution >= 4 is 15.9 Å². The fraction of sp³-hybridized carbons (Fsp3) is 0.381. The average molecular weight is 437 g/mol. The number of fused-ring (bicyclic) bond motifs is 1. The topological polar surface area (TPSA) is 93.7 Å². The van der Waals surface area contributed by atoms with Gasteiger partial charge in [0.25, 0.3) is 0 Å². The van der Waals surface area contributed by atoms with E-state index in [4.69, 9.17) is 9.47 Å². The summed E-state index contributed by atoms with van der Waals surface area (Å²) in [6.45, 7) is 1.40. The summed E-state index contributed by atoms with van der Waals surface area (Å²) in [6, 6.07) is 10.6. The third kappa shape index (κ3) is 6.43. The molecule has 7 nitrogen and oxygen atoms in total. The van der Waals surface area contributed by atoms with Crippen molar-refractivity contribution in [3.05, 3.63) is 53.8 Å². The molecule has 0 unspecified atom stereocenters. The molecule has 0 aliphatic carbocycles. The molecule has 0 fully saturated rings. The van der Waals surface area contributed by atoms with Gasteiger partial charge in [-0.25, -0.2) is 17.5 Å². The molecule has 1 amide bonds. The van der Waals surface area contributed by atoms with Crippen molar-refractivity contribution in [2.24, 2.45) is 0 Å². The van der Waals surface area contributed by atoms with Gasteiger partial charge in [-0.05, 0) is 42.7 Å². The van der Waals surface area contributed by atoms with Gasteiger partial charge in [-0.3, -0.25) is 4.79 Å². The summed E-state index contributed by atoms with van der Waals surface area (Å²) < 4.78 is 51.3. The number of carbonyl (C=O) groups is 1. The van der Waals surface area contributed by atoms with Crippen molar-refractivity contribution in [1.29, 1.82) is 0 Å². The van der Waals surface area contributed by atoms with Gasteiger partial charge >= 0.3 is 0 Å². The molecule has 2 aromatic rings. The molecule has 0 radical (unpaired) electrons. The number of halogens is 1. The van der Waals surface area contributed by atoms with Gasteiger partial charge in [-0.1, -0.05) is 18.6 Å². The Hall–Kier alpha value is -2.65. The molecule has 0 aromatic heterocycles. The Bertz CT molecular complexity index is 981. The summed E-state index contributed by atoms with van der Waals surface area (Å²) in [5.74, 6) is 0.515. The largest absolute Gasteiger partial charge is 0.486 e. The van der Waals surface area contributed by atoms with Gasteiger partial charge < -0.3 is 14.8 Å². The average Bonchev–Trinajstić information content (AvgIpc) is 2.74. The van der Waals surface area contributed by atoms with E-state index in [0.29, 0.717) is 56.0 Å². The number of hydrogen-bond donors (Lipinski definition) is 2. The molecule has 2 aromatic carbocycles. The van der Waals surface area contributed by atoms with Gasteiger partial charge in [0.2, 0.25) is 15.9 Å². The zero-order valence-electron chi connectivity index (χ0n) is 16.5. The molecule has 3 rings (SSSR count). The van der Waals surface area contributed by atoms with Gasteiger partial charge in [-0.2, -0.15) is 0 Å². The van der Waals surface area contributed by atoms with Crippen LogP contribution in [-0.2, 0) is 21.4 Å². The maximum Gasteiger partial charge on any atom is 0.240 e. The predicted octanol–water partition coefficient (Wildman–Crippen LogP) is 2.75. The van der Waals surface area contributed by atoms with E-state index in [1.807, 2.05) is 0 Å². The van der Waals surface area contributed by atoms with E-state index < -0.39 is 10.0 Å². The molecule has 2 N–H and O–H groups in total. The summed E-state index contributed by atoms with van der Waals surface area (Å²) in [5, 5.41) is 2.75. The Kier molecular flexibility index (Phi) is 7.64. The first-order chi connectivity index (χ1) is 14.4. The second kappa shape index (κ2) is 10.4. The highest BCUT2D eigenvalue weighted by atomic mass is 32.2. The number of benzene rings is 2. The minimum Gasteiger partial charge on any atom is -0.486 e. The fourth-order valence-corrected chi connectivity index (χ4v) is 4.09. The number of hydrogen-bond acceptors (Lipinski definition) is 5. The van der Waals surface area contributed by atoms with Crippen molar-refractivity contribution in [1.82, 2.24) is 10.0 Å². The zero-order valence-corrected chi connectivity index (χ0v) is 17.3. The van der Waals surface area contributed by atoms with Crippen LogP contribution in [0.2, 0.25) is 0 Å². The van der Waals surface area contributed by atoms with Crippen molar-refractivity contribution < 1.29 is 27.1 Å². The van der Waals surface area contributed by atoms with Crippen LogP contribution in [-0.4, -0.2) is 34.1 Å². The maximum absolute atomic E-state index is 13.1. The summed E-state index contributed by atoms with van der Waals surface area (Å²) in [6.07, 6.45) is 2.29. The van der Waals surface area contributed by atoms with Crippen LogP contribution in [0.25, 0.3) is 0 Å². The highest BCUT2D eigenvalue weighted by Crippen LogP contribution is 2.32. The van der Waals surface area contributed by atoms with Crippen LogP contribution in [0.3, 0.4) is 0 Å². The predicted molar refractivity (Wildman–Crippen MR) is 109 cm³/mol. The van der Waals surface area contributed by atoms with Gasteiger partial charge in [0, 0.05) is 25.6 Å². The first-order valence-electron chi connectivity index (χ1n) is 9.84. The van der Waals surface area contributed by atoms with Crippen LogP contribution in [0.4, 0.5) is 4.39 Å².